The topological polar surface area (TPSA) is 12.5 Å². The van der Waals surface area contributed by atoms with E-state index in [4.69, 9.17) is 4.74 Å². The molecule has 2 atom stereocenters. The highest BCUT2D eigenvalue weighted by Crippen LogP contribution is 2.41. The van der Waals surface area contributed by atoms with Gasteiger partial charge in [-0.15, -0.1) is 0 Å². The average molecular weight is 409 g/mol. The van der Waals surface area contributed by atoms with Crippen LogP contribution in [0, 0.1) is 0 Å². The van der Waals surface area contributed by atoms with Crippen molar-refractivity contribution in [2.24, 2.45) is 0 Å². The van der Waals surface area contributed by atoms with Crippen molar-refractivity contribution < 1.29 is 17.9 Å². The van der Waals surface area contributed by atoms with Gasteiger partial charge in [0.1, 0.15) is 12.4 Å². The summed E-state index contributed by atoms with van der Waals surface area (Å²) in [6, 6.07) is 20.9. The Kier molecular flexibility index (Phi) is 4.78. The Morgan fingerprint density at radius 2 is 1.77 bits per heavy atom. The third kappa shape index (κ3) is 3.70. The molecule has 3 aliphatic rings. The lowest BCUT2D eigenvalue weighted by atomic mass is 9.78. The standard InChI is InChI=1S/C25H22F3NO/c26-25(27,28)21-6-3-7-24(15-21)30-11-10-29-22-13-20(14-23(29)16-22)19-9-8-17-4-1-2-5-18(17)12-19/h1-9,12-13,15,22-23H,10-11,14,16H2. The summed E-state index contributed by atoms with van der Waals surface area (Å²) >= 11 is 0. The summed E-state index contributed by atoms with van der Waals surface area (Å²) in [4.78, 5) is 2.39. The minimum atomic E-state index is -4.35. The van der Waals surface area contributed by atoms with E-state index in [1.54, 1.807) is 6.07 Å². The molecule has 154 valence electrons. The van der Waals surface area contributed by atoms with Crippen LogP contribution < -0.4 is 4.74 Å². The molecule has 5 heteroatoms. The number of hydrogen-bond acceptors (Lipinski definition) is 2. The maximum atomic E-state index is 12.8. The summed E-state index contributed by atoms with van der Waals surface area (Å²) in [5.41, 5.74) is 1.99. The summed E-state index contributed by atoms with van der Waals surface area (Å²) in [6.07, 6.45) is 0.130. The van der Waals surface area contributed by atoms with Crippen LogP contribution in [0.25, 0.3) is 16.3 Å². The van der Waals surface area contributed by atoms with Gasteiger partial charge in [0.05, 0.1) is 5.56 Å². The van der Waals surface area contributed by atoms with Crippen molar-refractivity contribution in [3.8, 4) is 5.75 Å². The molecule has 3 aromatic carbocycles. The van der Waals surface area contributed by atoms with Crippen LogP contribution in [0.4, 0.5) is 13.2 Å². The summed E-state index contributed by atoms with van der Waals surface area (Å²) in [5.74, 6) is 0.267. The number of rotatable bonds is 5. The first-order chi connectivity index (χ1) is 14.5. The molecule has 2 nitrogen and oxygen atoms in total. The van der Waals surface area contributed by atoms with Crippen molar-refractivity contribution in [3.05, 3.63) is 83.9 Å². The second-order valence-corrected chi connectivity index (χ2v) is 8.03. The highest BCUT2D eigenvalue weighted by molar-refractivity contribution is 5.86. The van der Waals surface area contributed by atoms with E-state index in [-0.39, 0.29) is 5.75 Å². The molecule has 1 saturated heterocycles. The molecular weight excluding hydrogens is 387 g/mol. The molecule has 0 N–H and O–H groups in total. The molecule has 0 aromatic heterocycles. The molecule has 3 aromatic rings. The van der Waals surface area contributed by atoms with Gasteiger partial charge in [0.25, 0.3) is 0 Å². The molecule has 0 radical (unpaired) electrons. The van der Waals surface area contributed by atoms with Gasteiger partial charge >= 0.3 is 6.18 Å². The van der Waals surface area contributed by atoms with Crippen LogP contribution >= 0.6 is 0 Å². The van der Waals surface area contributed by atoms with Gasteiger partial charge in [-0.25, -0.2) is 0 Å². The van der Waals surface area contributed by atoms with Crippen LogP contribution in [0.15, 0.2) is 72.8 Å². The van der Waals surface area contributed by atoms with Gasteiger partial charge in [-0.2, -0.15) is 13.2 Å². The number of hydrogen-bond donors (Lipinski definition) is 0. The van der Waals surface area contributed by atoms with Crippen molar-refractivity contribution in [1.82, 2.24) is 4.90 Å². The van der Waals surface area contributed by atoms with Crippen LogP contribution in [-0.2, 0) is 6.18 Å². The fourth-order valence-electron chi connectivity index (χ4n) is 4.58. The predicted molar refractivity (Wildman–Crippen MR) is 112 cm³/mol. The maximum absolute atomic E-state index is 12.8. The normalized spacial score (nSPS) is 21.2. The number of fused-ring (bicyclic) bond motifs is 2. The smallest absolute Gasteiger partial charge is 0.416 e. The molecule has 1 aliphatic carbocycles. The fourth-order valence-corrected chi connectivity index (χ4v) is 4.58. The summed E-state index contributed by atoms with van der Waals surface area (Å²) < 4.78 is 44.1. The predicted octanol–water partition coefficient (Wildman–Crippen LogP) is 6.17. The Hall–Kier alpha value is -2.79. The van der Waals surface area contributed by atoms with E-state index < -0.39 is 11.7 Å². The zero-order valence-corrected chi connectivity index (χ0v) is 16.4. The first-order valence-corrected chi connectivity index (χ1v) is 10.2. The van der Waals surface area contributed by atoms with E-state index in [1.165, 1.54) is 28.0 Å². The highest BCUT2D eigenvalue weighted by Gasteiger charge is 2.41. The number of ether oxygens (including phenoxy) is 1. The third-order valence-electron chi connectivity index (χ3n) is 6.16. The summed E-state index contributed by atoms with van der Waals surface area (Å²) in [6.45, 7) is 1.10. The highest BCUT2D eigenvalue weighted by atomic mass is 19.4. The van der Waals surface area contributed by atoms with Crippen LogP contribution in [0.5, 0.6) is 5.75 Å². The first-order valence-electron chi connectivity index (χ1n) is 10.2. The maximum Gasteiger partial charge on any atom is 0.416 e. The van der Waals surface area contributed by atoms with Gasteiger partial charge in [-0.3, -0.25) is 4.90 Å². The summed E-state index contributed by atoms with van der Waals surface area (Å²) in [5, 5.41) is 2.50. The lowest BCUT2D eigenvalue weighted by molar-refractivity contribution is -0.137. The van der Waals surface area contributed by atoms with Crippen LogP contribution in [-0.4, -0.2) is 30.1 Å². The Morgan fingerprint density at radius 3 is 2.53 bits per heavy atom. The Balaban J connectivity index is 1.21. The van der Waals surface area contributed by atoms with Gasteiger partial charge in [0.2, 0.25) is 0 Å². The van der Waals surface area contributed by atoms with Crippen LogP contribution in [0.2, 0.25) is 0 Å². The lowest BCUT2D eigenvalue weighted by Gasteiger charge is -2.51. The fraction of sp³-hybridized carbons (Fsp3) is 0.280. The van der Waals surface area contributed by atoms with Crippen molar-refractivity contribution in [2.45, 2.75) is 31.1 Å². The van der Waals surface area contributed by atoms with E-state index >= 15 is 0 Å². The molecule has 1 fully saturated rings. The first kappa shape index (κ1) is 19.2. The second kappa shape index (κ2) is 7.47. The Labute approximate surface area is 173 Å². The molecule has 0 amide bonds. The molecule has 0 saturated carbocycles. The van der Waals surface area contributed by atoms with E-state index in [2.05, 4.69) is 53.4 Å². The van der Waals surface area contributed by atoms with Gasteiger partial charge in [0.15, 0.2) is 0 Å². The molecular formula is C25H22F3NO. The second-order valence-electron chi connectivity index (χ2n) is 8.03. The van der Waals surface area contributed by atoms with Crippen molar-refractivity contribution in [2.75, 3.05) is 13.2 Å². The number of halogens is 3. The van der Waals surface area contributed by atoms with Crippen molar-refractivity contribution in [1.29, 1.82) is 0 Å². The quantitative estimate of drug-likeness (QED) is 0.500. The van der Waals surface area contributed by atoms with Crippen LogP contribution in [0.3, 0.4) is 0 Å². The van der Waals surface area contributed by atoms with E-state index in [0.717, 1.165) is 25.0 Å². The monoisotopic (exact) mass is 409 g/mol. The Morgan fingerprint density at radius 1 is 0.933 bits per heavy atom. The average Bonchev–Trinajstić information content (AvgIpc) is 2.76. The molecule has 2 heterocycles. The molecule has 6 rings (SSSR count). The summed E-state index contributed by atoms with van der Waals surface area (Å²) in [7, 11) is 0. The Bertz CT molecular complexity index is 1100. The minimum absolute atomic E-state index is 0.267. The molecule has 30 heavy (non-hydrogen) atoms. The van der Waals surface area contributed by atoms with Crippen molar-refractivity contribution in [3.63, 3.8) is 0 Å². The zero-order chi connectivity index (χ0) is 20.7. The van der Waals surface area contributed by atoms with Crippen LogP contribution in [0.1, 0.15) is 24.0 Å². The lowest BCUT2D eigenvalue weighted by Crippen LogP contribution is -2.58. The minimum Gasteiger partial charge on any atom is -0.492 e. The zero-order valence-electron chi connectivity index (χ0n) is 16.4. The molecule has 2 unspecified atom stereocenters. The number of benzene rings is 3. The van der Waals surface area contributed by atoms with Gasteiger partial charge in [0, 0.05) is 18.6 Å². The molecule has 0 spiro atoms. The van der Waals surface area contributed by atoms with E-state index in [9.17, 15) is 13.2 Å². The van der Waals surface area contributed by atoms with E-state index in [1.807, 2.05) is 0 Å². The number of alkyl halides is 3. The number of nitrogens with zero attached hydrogens (tertiary/aromatic N) is 1. The van der Waals surface area contributed by atoms with Gasteiger partial charge < -0.3 is 4.74 Å². The van der Waals surface area contributed by atoms with Gasteiger partial charge in [-0.05, 0) is 59.0 Å². The van der Waals surface area contributed by atoms with E-state index in [0.29, 0.717) is 25.2 Å². The van der Waals surface area contributed by atoms with Crippen molar-refractivity contribution >= 4 is 16.3 Å². The largest absolute Gasteiger partial charge is 0.492 e. The molecule has 2 aliphatic heterocycles. The third-order valence-corrected chi connectivity index (χ3v) is 6.16. The SMILES string of the molecule is FC(F)(F)c1cccc(OCCN2C3C=C(c4ccc5ccccc5c4)CC2C3)c1. The molecule has 2 bridgehead atoms. The van der Waals surface area contributed by atoms with Gasteiger partial charge in [-0.1, -0.05) is 48.5 Å².